The van der Waals surface area contributed by atoms with Crippen molar-refractivity contribution < 1.29 is 33.6 Å². The first kappa shape index (κ1) is 24.9. The van der Waals surface area contributed by atoms with E-state index < -0.39 is 12.1 Å². The molecule has 0 saturated carbocycles. The number of aliphatic carboxylic acids is 1. The minimum Gasteiger partial charge on any atom is -0.493 e. The van der Waals surface area contributed by atoms with Crippen LogP contribution in [0.3, 0.4) is 0 Å². The molecule has 0 saturated heterocycles. The largest absolute Gasteiger partial charge is 0.493 e. The number of carbonyl (C=O) groups is 1. The van der Waals surface area contributed by atoms with Crippen LogP contribution in [0.1, 0.15) is 17.5 Å². The summed E-state index contributed by atoms with van der Waals surface area (Å²) in [5, 5.41) is 9.15. The molecule has 1 N–H and O–H groups in total. The molecule has 7 nitrogen and oxygen atoms in total. The first-order valence-electron chi connectivity index (χ1n) is 11.0. The Labute approximate surface area is 199 Å². The van der Waals surface area contributed by atoms with Gasteiger partial charge in [-0.15, -0.1) is 0 Å². The van der Waals surface area contributed by atoms with Crippen molar-refractivity contribution in [2.45, 2.75) is 25.6 Å². The summed E-state index contributed by atoms with van der Waals surface area (Å²) >= 11 is 0. The minimum atomic E-state index is -1.00. The van der Waals surface area contributed by atoms with Gasteiger partial charge in [-0.1, -0.05) is 36.4 Å². The van der Waals surface area contributed by atoms with Gasteiger partial charge in [-0.25, -0.2) is 4.79 Å². The molecule has 1 unspecified atom stereocenters. The third kappa shape index (κ3) is 7.71. The molecule has 180 valence electrons. The number of carboxylic acid groups (broad SMARTS) is 1. The summed E-state index contributed by atoms with van der Waals surface area (Å²) in [5.74, 6) is 1.69. The maximum Gasteiger partial charge on any atom is 0.333 e. The first-order chi connectivity index (χ1) is 16.6. The molecule has 0 amide bonds. The van der Waals surface area contributed by atoms with Gasteiger partial charge in [0.15, 0.2) is 17.6 Å². The monoisotopic (exact) mass is 466 g/mol. The van der Waals surface area contributed by atoms with Crippen LogP contribution in [0.15, 0.2) is 72.8 Å². The molecule has 3 aromatic rings. The van der Waals surface area contributed by atoms with Gasteiger partial charge in [-0.05, 0) is 47.5 Å². The molecule has 0 aliphatic rings. The fourth-order valence-electron chi connectivity index (χ4n) is 3.25. The highest BCUT2D eigenvalue weighted by molar-refractivity contribution is 5.72. The molecule has 0 bridgehead atoms. The van der Waals surface area contributed by atoms with Gasteiger partial charge in [0.1, 0.15) is 18.1 Å². The van der Waals surface area contributed by atoms with Crippen molar-refractivity contribution in [2.24, 2.45) is 0 Å². The van der Waals surface area contributed by atoms with Gasteiger partial charge < -0.3 is 28.8 Å². The Morgan fingerprint density at radius 2 is 1.47 bits per heavy atom. The van der Waals surface area contributed by atoms with Crippen molar-refractivity contribution in [1.29, 1.82) is 0 Å². The van der Waals surface area contributed by atoms with Crippen LogP contribution in [-0.2, 0) is 22.6 Å². The molecule has 0 aromatic heterocycles. The Morgan fingerprint density at radius 3 is 2.12 bits per heavy atom. The standard InChI is InChI=1S/C27H30O7/c1-30-25-17-21(18-26(31-2)27(28)29)9-14-24(25)33-16-6-15-32-22-10-12-23(13-11-22)34-19-20-7-4-3-5-8-20/h3-5,7-14,17,26H,6,15-16,18-19H2,1-2H3,(H,28,29). The lowest BCUT2D eigenvalue weighted by Gasteiger charge is -2.14. The molecule has 0 heterocycles. The Hall–Kier alpha value is -3.71. The lowest BCUT2D eigenvalue weighted by molar-refractivity contribution is -0.148. The fraction of sp³-hybridized carbons (Fsp3) is 0.296. The summed E-state index contributed by atoms with van der Waals surface area (Å²) in [6.45, 7) is 1.47. The summed E-state index contributed by atoms with van der Waals surface area (Å²) in [6.07, 6.45) is 0.0204. The Balaban J connectivity index is 1.40. The van der Waals surface area contributed by atoms with Crippen molar-refractivity contribution in [1.82, 2.24) is 0 Å². The van der Waals surface area contributed by atoms with E-state index in [1.807, 2.05) is 60.7 Å². The second kappa shape index (κ2) is 13.1. The molecule has 3 rings (SSSR count). The fourth-order valence-corrected chi connectivity index (χ4v) is 3.25. The zero-order valence-corrected chi connectivity index (χ0v) is 19.4. The van der Waals surface area contributed by atoms with E-state index in [9.17, 15) is 4.79 Å². The van der Waals surface area contributed by atoms with E-state index >= 15 is 0 Å². The molecule has 0 spiro atoms. The zero-order valence-electron chi connectivity index (χ0n) is 19.4. The van der Waals surface area contributed by atoms with Crippen LogP contribution in [0.25, 0.3) is 0 Å². The molecule has 0 aliphatic carbocycles. The van der Waals surface area contributed by atoms with Crippen LogP contribution in [0, 0.1) is 0 Å². The molecule has 34 heavy (non-hydrogen) atoms. The molecule has 3 aromatic carbocycles. The second-order valence-corrected chi connectivity index (χ2v) is 7.55. The normalized spacial score (nSPS) is 11.5. The Kier molecular flexibility index (Phi) is 9.61. The molecule has 0 fully saturated rings. The third-order valence-corrected chi connectivity index (χ3v) is 5.10. The van der Waals surface area contributed by atoms with Crippen molar-refractivity contribution >= 4 is 5.97 Å². The average molecular weight is 467 g/mol. The van der Waals surface area contributed by atoms with Gasteiger partial charge in [0.25, 0.3) is 0 Å². The maximum atomic E-state index is 11.2. The molecular formula is C27H30O7. The van der Waals surface area contributed by atoms with Crippen LogP contribution < -0.4 is 18.9 Å². The smallest absolute Gasteiger partial charge is 0.333 e. The predicted octanol–water partition coefficient (Wildman–Crippen LogP) is 4.76. The highest BCUT2D eigenvalue weighted by Gasteiger charge is 2.18. The van der Waals surface area contributed by atoms with Crippen LogP contribution in [0.4, 0.5) is 0 Å². The van der Waals surface area contributed by atoms with E-state index in [1.54, 1.807) is 19.2 Å². The summed E-state index contributed by atoms with van der Waals surface area (Å²) in [7, 11) is 2.93. The number of ether oxygens (including phenoxy) is 5. The van der Waals surface area contributed by atoms with E-state index in [4.69, 9.17) is 28.8 Å². The molecule has 1 atom stereocenters. The van der Waals surface area contributed by atoms with Gasteiger partial charge in [-0.2, -0.15) is 0 Å². The Morgan fingerprint density at radius 1 is 0.794 bits per heavy atom. The van der Waals surface area contributed by atoms with Crippen molar-refractivity contribution in [3.63, 3.8) is 0 Å². The van der Waals surface area contributed by atoms with Crippen LogP contribution in [-0.4, -0.2) is 44.6 Å². The van der Waals surface area contributed by atoms with Gasteiger partial charge in [0, 0.05) is 20.0 Å². The maximum absolute atomic E-state index is 11.2. The van der Waals surface area contributed by atoms with E-state index in [1.165, 1.54) is 7.11 Å². The van der Waals surface area contributed by atoms with E-state index in [0.29, 0.717) is 37.7 Å². The van der Waals surface area contributed by atoms with Crippen molar-refractivity contribution in [2.75, 3.05) is 27.4 Å². The summed E-state index contributed by atoms with van der Waals surface area (Å²) < 4.78 is 27.8. The third-order valence-electron chi connectivity index (χ3n) is 5.10. The van der Waals surface area contributed by atoms with Gasteiger partial charge >= 0.3 is 5.97 Å². The Bertz CT molecular complexity index is 1020. The number of hydrogen-bond donors (Lipinski definition) is 1. The lowest BCUT2D eigenvalue weighted by atomic mass is 10.1. The van der Waals surface area contributed by atoms with Crippen LogP contribution >= 0.6 is 0 Å². The molecular weight excluding hydrogens is 436 g/mol. The number of hydrogen-bond acceptors (Lipinski definition) is 6. The zero-order chi connectivity index (χ0) is 24.2. The van der Waals surface area contributed by atoms with Gasteiger partial charge in [0.2, 0.25) is 0 Å². The SMILES string of the molecule is COc1cc(CC(OC)C(=O)O)ccc1OCCCOc1ccc(OCc2ccccc2)cc1. The highest BCUT2D eigenvalue weighted by Crippen LogP contribution is 2.29. The number of benzene rings is 3. The predicted molar refractivity (Wildman–Crippen MR) is 128 cm³/mol. The van der Waals surface area contributed by atoms with E-state index in [0.717, 1.165) is 22.6 Å². The van der Waals surface area contributed by atoms with Crippen molar-refractivity contribution in [3.05, 3.63) is 83.9 Å². The second-order valence-electron chi connectivity index (χ2n) is 7.55. The first-order valence-corrected chi connectivity index (χ1v) is 11.0. The van der Waals surface area contributed by atoms with Crippen LogP contribution in [0.2, 0.25) is 0 Å². The highest BCUT2D eigenvalue weighted by atomic mass is 16.5. The minimum absolute atomic E-state index is 0.242. The molecule has 0 aliphatic heterocycles. The lowest BCUT2D eigenvalue weighted by Crippen LogP contribution is -2.24. The summed E-state index contributed by atoms with van der Waals surface area (Å²) in [6, 6.07) is 22.9. The number of carboxylic acids is 1. The summed E-state index contributed by atoms with van der Waals surface area (Å²) in [5.41, 5.74) is 1.91. The number of rotatable bonds is 14. The average Bonchev–Trinajstić information content (AvgIpc) is 2.87. The molecule has 0 radical (unpaired) electrons. The number of methoxy groups -OCH3 is 2. The molecule has 7 heteroatoms. The van der Waals surface area contributed by atoms with Gasteiger partial charge in [0.05, 0.1) is 20.3 Å². The quantitative estimate of drug-likeness (QED) is 0.343. The van der Waals surface area contributed by atoms with E-state index in [2.05, 4.69) is 0 Å². The van der Waals surface area contributed by atoms with Gasteiger partial charge in [-0.3, -0.25) is 0 Å². The topological polar surface area (TPSA) is 83.5 Å². The van der Waals surface area contributed by atoms with E-state index in [-0.39, 0.29) is 6.42 Å². The van der Waals surface area contributed by atoms with Crippen LogP contribution in [0.5, 0.6) is 23.0 Å². The van der Waals surface area contributed by atoms with Crippen molar-refractivity contribution in [3.8, 4) is 23.0 Å². The summed E-state index contributed by atoms with van der Waals surface area (Å²) in [4.78, 5) is 11.2.